The molecule has 2 aliphatic carbocycles. The fraction of sp³-hybridized carbons (Fsp3) is 0.692. The van der Waals surface area contributed by atoms with Gasteiger partial charge < -0.3 is 0 Å². The van der Waals surface area contributed by atoms with Crippen LogP contribution in [0.3, 0.4) is 0 Å². The molecular weight excluding hydrogens is 218 g/mol. The van der Waals surface area contributed by atoms with Crippen LogP contribution in [0.4, 0.5) is 0 Å². The summed E-state index contributed by atoms with van der Waals surface area (Å²) >= 11 is 1.59. The maximum Gasteiger partial charge on any atom is 0.138 e. The quantitative estimate of drug-likeness (QED) is 0.802. The summed E-state index contributed by atoms with van der Waals surface area (Å²) in [5.74, 6) is 2.95. The highest BCUT2D eigenvalue weighted by molar-refractivity contribution is 7.09. The van der Waals surface area contributed by atoms with Crippen LogP contribution in [0.2, 0.25) is 0 Å². The number of aromatic nitrogens is 1. The van der Waals surface area contributed by atoms with Crippen molar-refractivity contribution in [3.05, 3.63) is 16.6 Å². The Labute approximate surface area is 100 Å². The number of hydrogen-bond acceptors (Lipinski definition) is 3. The molecule has 0 aromatic carbocycles. The number of carbonyl (C=O) groups excluding carboxylic acids is 1. The number of nitrogens with zero attached hydrogens (tertiary/aromatic N) is 1. The predicted octanol–water partition coefficient (Wildman–Crippen LogP) is 3.08. The molecule has 0 amide bonds. The Morgan fingerprint density at radius 2 is 2.38 bits per heavy atom. The van der Waals surface area contributed by atoms with Gasteiger partial charge >= 0.3 is 0 Å². The number of fused-ring (bicyclic) bond motifs is 2. The van der Waals surface area contributed by atoms with E-state index in [4.69, 9.17) is 0 Å². The Hall–Kier alpha value is -0.700. The highest BCUT2D eigenvalue weighted by atomic mass is 32.1. The lowest BCUT2D eigenvalue weighted by Crippen LogP contribution is -2.16. The second-order valence-electron chi connectivity index (χ2n) is 5.32. The Morgan fingerprint density at radius 1 is 1.44 bits per heavy atom. The fourth-order valence-corrected chi connectivity index (χ4v) is 4.14. The van der Waals surface area contributed by atoms with E-state index in [1.54, 1.807) is 16.8 Å². The fourth-order valence-electron chi connectivity index (χ4n) is 3.51. The van der Waals surface area contributed by atoms with Crippen molar-refractivity contribution in [2.75, 3.05) is 0 Å². The largest absolute Gasteiger partial charge is 0.299 e. The summed E-state index contributed by atoms with van der Waals surface area (Å²) < 4.78 is 0. The van der Waals surface area contributed by atoms with Crippen LogP contribution in [0.5, 0.6) is 0 Å². The lowest BCUT2D eigenvalue weighted by Gasteiger charge is -2.20. The van der Waals surface area contributed by atoms with Crippen LogP contribution in [-0.2, 0) is 11.2 Å². The third-order valence-electron chi connectivity index (χ3n) is 4.23. The number of ketones is 1. The summed E-state index contributed by atoms with van der Waals surface area (Å²) in [6.45, 7) is 0. The van der Waals surface area contributed by atoms with E-state index in [9.17, 15) is 4.79 Å². The molecule has 0 aliphatic heterocycles. The molecule has 3 unspecified atom stereocenters. The van der Waals surface area contributed by atoms with E-state index in [2.05, 4.69) is 4.98 Å². The van der Waals surface area contributed by atoms with Crippen molar-refractivity contribution in [1.82, 2.24) is 4.98 Å². The van der Waals surface area contributed by atoms with Crippen LogP contribution in [-0.4, -0.2) is 10.8 Å². The lowest BCUT2D eigenvalue weighted by atomic mass is 9.85. The van der Waals surface area contributed by atoms with Gasteiger partial charge in [-0.25, -0.2) is 0 Å². The predicted molar refractivity (Wildman–Crippen MR) is 64.4 cm³/mol. The zero-order valence-corrected chi connectivity index (χ0v) is 10.2. The Kier molecular flexibility index (Phi) is 2.80. The molecule has 0 N–H and O–H groups in total. The van der Waals surface area contributed by atoms with E-state index in [0.717, 1.165) is 23.1 Å². The molecule has 16 heavy (non-hydrogen) atoms. The first-order chi connectivity index (χ1) is 7.81. The molecule has 2 aliphatic rings. The minimum absolute atomic E-state index is 0.418. The number of carbonyl (C=O) groups is 1. The second-order valence-corrected chi connectivity index (χ2v) is 6.29. The second kappa shape index (κ2) is 4.28. The van der Waals surface area contributed by atoms with Crippen molar-refractivity contribution < 1.29 is 4.79 Å². The Morgan fingerprint density at radius 3 is 3.00 bits per heavy atom. The van der Waals surface area contributed by atoms with Crippen LogP contribution in [0.25, 0.3) is 0 Å². The third-order valence-corrected chi connectivity index (χ3v) is 5.01. The third kappa shape index (κ3) is 2.05. The molecule has 2 bridgehead atoms. The summed E-state index contributed by atoms with van der Waals surface area (Å²) in [7, 11) is 0. The zero-order chi connectivity index (χ0) is 11.0. The minimum Gasteiger partial charge on any atom is -0.299 e. The molecule has 1 heterocycles. The molecule has 0 radical (unpaired) electrons. The molecule has 86 valence electrons. The summed E-state index contributed by atoms with van der Waals surface area (Å²) in [6, 6.07) is 0. The van der Waals surface area contributed by atoms with E-state index >= 15 is 0 Å². The monoisotopic (exact) mass is 235 g/mol. The van der Waals surface area contributed by atoms with Gasteiger partial charge in [-0.15, -0.1) is 11.3 Å². The molecule has 3 atom stereocenters. The Balaban J connectivity index is 1.53. The van der Waals surface area contributed by atoms with Gasteiger partial charge in [-0.05, 0) is 37.0 Å². The van der Waals surface area contributed by atoms with Crippen molar-refractivity contribution in [1.29, 1.82) is 0 Å². The van der Waals surface area contributed by atoms with Crippen molar-refractivity contribution in [2.45, 2.75) is 38.5 Å². The van der Waals surface area contributed by atoms with Crippen molar-refractivity contribution in [2.24, 2.45) is 17.8 Å². The smallest absolute Gasteiger partial charge is 0.138 e. The first kappa shape index (κ1) is 10.5. The molecule has 2 nitrogen and oxygen atoms in total. The average molecular weight is 235 g/mol. The highest BCUT2D eigenvalue weighted by Crippen LogP contribution is 2.49. The number of thiazole rings is 1. The molecule has 1 aromatic rings. The summed E-state index contributed by atoms with van der Waals surface area (Å²) in [6.07, 6.45) is 8.77. The normalized spacial score (nSPS) is 32.1. The Bertz CT molecular complexity index is 373. The molecule has 3 rings (SSSR count). The van der Waals surface area contributed by atoms with Gasteiger partial charge in [0.15, 0.2) is 0 Å². The zero-order valence-electron chi connectivity index (χ0n) is 9.39. The summed E-state index contributed by atoms with van der Waals surface area (Å²) in [5.41, 5.74) is 1.81. The SMILES string of the molecule is O=C(Cc1cncs1)CC1CC2CCC1C2. The molecule has 0 spiro atoms. The average Bonchev–Trinajstić information content (AvgIpc) is 2.92. The van der Waals surface area contributed by atoms with E-state index in [-0.39, 0.29) is 0 Å². The van der Waals surface area contributed by atoms with Gasteiger partial charge in [0.25, 0.3) is 0 Å². The number of hydrogen-bond donors (Lipinski definition) is 0. The lowest BCUT2D eigenvalue weighted by molar-refractivity contribution is -0.119. The van der Waals surface area contributed by atoms with Gasteiger partial charge in [-0.2, -0.15) is 0 Å². The maximum atomic E-state index is 11.9. The van der Waals surface area contributed by atoms with Gasteiger partial charge in [0.05, 0.1) is 5.51 Å². The van der Waals surface area contributed by atoms with Crippen LogP contribution in [0.1, 0.15) is 37.0 Å². The van der Waals surface area contributed by atoms with Crippen LogP contribution < -0.4 is 0 Å². The number of rotatable bonds is 4. The van der Waals surface area contributed by atoms with E-state index in [0.29, 0.717) is 18.1 Å². The molecule has 3 heteroatoms. The molecule has 0 saturated heterocycles. The van der Waals surface area contributed by atoms with Crippen molar-refractivity contribution in [3.8, 4) is 0 Å². The maximum absolute atomic E-state index is 11.9. The highest BCUT2D eigenvalue weighted by Gasteiger charge is 2.39. The van der Waals surface area contributed by atoms with Crippen LogP contribution >= 0.6 is 11.3 Å². The van der Waals surface area contributed by atoms with Gasteiger partial charge in [-0.3, -0.25) is 9.78 Å². The first-order valence-corrected chi connectivity index (χ1v) is 7.08. The van der Waals surface area contributed by atoms with Gasteiger partial charge in [0.2, 0.25) is 0 Å². The van der Waals surface area contributed by atoms with Gasteiger partial charge in [0, 0.05) is 23.9 Å². The summed E-state index contributed by atoms with van der Waals surface area (Å²) in [4.78, 5) is 17.1. The topological polar surface area (TPSA) is 30.0 Å². The molecular formula is C13H17NOS. The minimum atomic E-state index is 0.418. The van der Waals surface area contributed by atoms with Gasteiger partial charge in [0.1, 0.15) is 5.78 Å². The van der Waals surface area contributed by atoms with Crippen molar-refractivity contribution in [3.63, 3.8) is 0 Å². The van der Waals surface area contributed by atoms with E-state index in [1.165, 1.54) is 25.7 Å². The molecule has 2 saturated carbocycles. The molecule has 2 fully saturated rings. The molecule has 1 aromatic heterocycles. The number of Topliss-reactive ketones (excluding diaryl/α,β-unsaturated/α-hetero) is 1. The first-order valence-electron chi connectivity index (χ1n) is 6.20. The standard InChI is InChI=1S/C13H17NOS/c15-12(6-13-7-14-8-16-13)5-11-4-9-1-2-10(11)3-9/h7-11H,1-6H2. The summed E-state index contributed by atoms with van der Waals surface area (Å²) in [5, 5.41) is 0. The van der Waals surface area contributed by atoms with E-state index in [1.807, 2.05) is 6.20 Å². The van der Waals surface area contributed by atoms with Crippen molar-refractivity contribution >= 4 is 17.1 Å². The van der Waals surface area contributed by atoms with Gasteiger partial charge in [-0.1, -0.05) is 6.42 Å². The van der Waals surface area contributed by atoms with Crippen LogP contribution in [0.15, 0.2) is 11.7 Å². The van der Waals surface area contributed by atoms with Crippen LogP contribution in [0, 0.1) is 17.8 Å². The van der Waals surface area contributed by atoms with E-state index < -0.39 is 0 Å².